The van der Waals surface area contributed by atoms with Gasteiger partial charge in [-0.05, 0) is 6.42 Å². The van der Waals surface area contributed by atoms with Crippen LogP contribution in [0.5, 0.6) is 0 Å². The molecular weight excluding hydrogens is 239 g/mol. The molecule has 98 valence electrons. The maximum Gasteiger partial charge on any atom is 0.401 e. The van der Waals surface area contributed by atoms with E-state index in [1.165, 1.54) is 7.11 Å². The number of alkyl halides is 3. The minimum Gasteiger partial charge on any atom is -0.373 e. The lowest BCUT2D eigenvalue weighted by Gasteiger charge is -2.06. The van der Waals surface area contributed by atoms with Crippen LogP contribution in [-0.4, -0.2) is 30.0 Å². The molecular formula is C9H14F3N3O2. The van der Waals surface area contributed by atoms with Gasteiger partial charge in [0.1, 0.15) is 6.10 Å². The molecule has 1 aromatic heterocycles. The van der Waals surface area contributed by atoms with Crippen LogP contribution >= 0.6 is 0 Å². The van der Waals surface area contributed by atoms with Gasteiger partial charge in [0.25, 0.3) is 0 Å². The summed E-state index contributed by atoms with van der Waals surface area (Å²) < 4.78 is 45.4. The van der Waals surface area contributed by atoms with Crippen LogP contribution in [0.3, 0.4) is 0 Å². The van der Waals surface area contributed by atoms with Crippen molar-refractivity contribution in [2.24, 2.45) is 0 Å². The second-order valence-electron chi connectivity index (χ2n) is 3.40. The average molecular weight is 253 g/mol. The van der Waals surface area contributed by atoms with E-state index < -0.39 is 12.7 Å². The number of hydrogen-bond donors (Lipinski definition) is 1. The zero-order valence-corrected chi connectivity index (χ0v) is 9.54. The number of hydrogen-bond acceptors (Lipinski definition) is 5. The van der Waals surface area contributed by atoms with Gasteiger partial charge in [-0.25, -0.2) is 0 Å². The van der Waals surface area contributed by atoms with Crippen molar-refractivity contribution in [1.82, 2.24) is 15.5 Å². The van der Waals surface area contributed by atoms with E-state index in [0.29, 0.717) is 12.2 Å². The maximum atomic E-state index is 11.9. The summed E-state index contributed by atoms with van der Waals surface area (Å²) in [4.78, 5) is 3.94. The first-order valence-electron chi connectivity index (χ1n) is 5.09. The number of aromatic nitrogens is 2. The second-order valence-corrected chi connectivity index (χ2v) is 3.40. The van der Waals surface area contributed by atoms with E-state index in [1.807, 2.05) is 6.92 Å². The van der Waals surface area contributed by atoms with Gasteiger partial charge in [-0.1, -0.05) is 12.1 Å². The maximum absolute atomic E-state index is 11.9. The molecule has 1 N–H and O–H groups in total. The minimum atomic E-state index is -4.25. The number of nitrogens with one attached hydrogen (secondary N) is 1. The molecule has 0 bridgehead atoms. The van der Waals surface area contributed by atoms with E-state index in [0.717, 1.165) is 0 Å². The van der Waals surface area contributed by atoms with Gasteiger partial charge >= 0.3 is 6.18 Å². The zero-order valence-electron chi connectivity index (χ0n) is 9.54. The fourth-order valence-electron chi connectivity index (χ4n) is 1.24. The Morgan fingerprint density at radius 3 is 2.71 bits per heavy atom. The average Bonchev–Trinajstić information content (AvgIpc) is 2.67. The Morgan fingerprint density at radius 2 is 2.18 bits per heavy atom. The molecule has 0 saturated carbocycles. The van der Waals surface area contributed by atoms with Gasteiger partial charge in [0.15, 0.2) is 0 Å². The molecule has 0 aromatic carbocycles. The first-order chi connectivity index (χ1) is 7.96. The fourth-order valence-corrected chi connectivity index (χ4v) is 1.24. The van der Waals surface area contributed by atoms with Crippen LogP contribution in [0.4, 0.5) is 13.2 Å². The van der Waals surface area contributed by atoms with Crippen molar-refractivity contribution in [2.75, 3.05) is 13.7 Å². The van der Waals surface area contributed by atoms with Gasteiger partial charge in [-0.15, -0.1) is 0 Å². The highest BCUT2D eigenvalue weighted by atomic mass is 19.4. The zero-order chi connectivity index (χ0) is 12.9. The SMILES string of the molecule is CCC(OC)c1noc(CNCC(F)(F)F)n1. The summed E-state index contributed by atoms with van der Waals surface area (Å²) >= 11 is 0. The molecule has 0 fully saturated rings. The summed E-state index contributed by atoms with van der Waals surface area (Å²) in [7, 11) is 1.51. The van der Waals surface area contributed by atoms with Crippen LogP contribution in [0.15, 0.2) is 4.52 Å². The van der Waals surface area contributed by atoms with E-state index in [2.05, 4.69) is 15.5 Å². The molecule has 1 atom stereocenters. The Labute approximate surface area is 96.3 Å². The molecule has 17 heavy (non-hydrogen) atoms. The smallest absolute Gasteiger partial charge is 0.373 e. The molecule has 0 aliphatic carbocycles. The molecule has 1 heterocycles. The summed E-state index contributed by atoms with van der Waals surface area (Å²) in [6.07, 6.45) is -3.89. The van der Waals surface area contributed by atoms with Gasteiger partial charge in [0, 0.05) is 7.11 Å². The monoisotopic (exact) mass is 253 g/mol. The van der Waals surface area contributed by atoms with Gasteiger partial charge in [0.05, 0.1) is 13.1 Å². The van der Waals surface area contributed by atoms with Gasteiger partial charge < -0.3 is 14.6 Å². The molecule has 0 radical (unpaired) electrons. The summed E-state index contributed by atoms with van der Waals surface area (Å²) in [6.45, 7) is 0.672. The minimum absolute atomic E-state index is 0.111. The molecule has 1 unspecified atom stereocenters. The summed E-state index contributed by atoms with van der Waals surface area (Å²) in [5.41, 5.74) is 0. The number of ether oxygens (including phenoxy) is 1. The largest absolute Gasteiger partial charge is 0.401 e. The lowest BCUT2D eigenvalue weighted by Crippen LogP contribution is -2.28. The lowest BCUT2D eigenvalue weighted by molar-refractivity contribution is -0.125. The van der Waals surface area contributed by atoms with E-state index in [4.69, 9.17) is 9.26 Å². The van der Waals surface area contributed by atoms with Crippen LogP contribution in [0.1, 0.15) is 31.2 Å². The van der Waals surface area contributed by atoms with Crippen molar-refractivity contribution < 1.29 is 22.4 Å². The highest BCUT2D eigenvalue weighted by molar-refractivity contribution is 4.90. The highest BCUT2D eigenvalue weighted by Gasteiger charge is 2.26. The van der Waals surface area contributed by atoms with Crippen molar-refractivity contribution in [2.45, 2.75) is 32.2 Å². The van der Waals surface area contributed by atoms with E-state index >= 15 is 0 Å². The second kappa shape index (κ2) is 5.97. The normalized spacial score (nSPS) is 13.9. The van der Waals surface area contributed by atoms with Crippen LogP contribution in [0, 0.1) is 0 Å². The third-order valence-corrected chi connectivity index (χ3v) is 2.03. The van der Waals surface area contributed by atoms with Crippen LogP contribution in [0.2, 0.25) is 0 Å². The first-order valence-corrected chi connectivity index (χ1v) is 5.09. The molecule has 0 aliphatic heterocycles. The number of rotatable bonds is 6. The number of nitrogens with zero attached hydrogens (tertiary/aromatic N) is 2. The predicted octanol–water partition coefficient (Wildman–Crippen LogP) is 1.82. The molecule has 0 spiro atoms. The third kappa shape index (κ3) is 4.70. The molecule has 5 nitrogen and oxygen atoms in total. The van der Waals surface area contributed by atoms with Gasteiger partial charge in [-0.2, -0.15) is 18.2 Å². The lowest BCUT2D eigenvalue weighted by atomic mass is 10.3. The van der Waals surface area contributed by atoms with Crippen molar-refractivity contribution in [3.05, 3.63) is 11.7 Å². The first kappa shape index (κ1) is 13.9. The quantitative estimate of drug-likeness (QED) is 0.837. The van der Waals surface area contributed by atoms with Crippen LogP contribution < -0.4 is 5.32 Å². The van der Waals surface area contributed by atoms with E-state index in [1.54, 1.807) is 0 Å². The molecule has 8 heteroatoms. The topological polar surface area (TPSA) is 60.2 Å². The molecule has 0 saturated heterocycles. The summed E-state index contributed by atoms with van der Waals surface area (Å²) in [5.74, 6) is 0.457. The Balaban J connectivity index is 2.46. The molecule has 1 rings (SSSR count). The van der Waals surface area contributed by atoms with E-state index in [9.17, 15) is 13.2 Å². The number of methoxy groups -OCH3 is 1. The van der Waals surface area contributed by atoms with Crippen molar-refractivity contribution in [3.8, 4) is 0 Å². The molecule has 0 amide bonds. The van der Waals surface area contributed by atoms with Gasteiger partial charge in [-0.3, -0.25) is 0 Å². The Morgan fingerprint density at radius 1 is 1.47 bits per heavy atom. The van der Waals surface area contributed by atoms with E-state index in [-0.39, 0.29) is 18.5 Å². The van der Waals surface area contributed by atoms with Crippen LogP contribution in [-0.2, 0) is 11.3 Å². The summed E-state index contributed by atoms with van der Waals surface area (Å²) in [5, 5.41) is 5.81. The predicted molar refractivity (Wildman–Crippen MR) is 52.1 cm³/mol. The van der Waals surface area contributed by atoms with Gasteiger partial charge in [0.2, 0.25) is 11.7 Å². The van der Waals surface area contributed by atoms with Crippen molar-refractivity contribution >= 4 is 0 Å². The standard InChI is InChI=1S/C9H14F3N3O2/c1-3-6(16-2)8-14-7(17-15-8)4-13-5-9(10,11)12/h6,13H,3-5H2,1-2H3. The molecule has 1 aromatic rings. The highest BCUT2D eigenvalue weighted by Crippen LogP contribution is 2.16. The summed E-state index contributed by atoms with van der Waals surface area (Å²) in [6, 6.07) is 0. The third-order valence-electron chi connectivity index (χ3n) is 2.03. The van der Waals surface area contributed by atoms with Crippen molar-refractivity contribution in [3.63, 3.8) is 0 Å². The number of halogens is 3. The van der Waals surface area contributed by atoms with Crippen molar-refractivity contribution in [1.29, 1.82) is 0 Å². The molecule has 0 aliphatic rings. The Kier molecular flexibility index (Phi) is 4.88. The Hall–Kier alpha value is -1.15. The van der Waals surface area contributed by atoms with Crippen LogP contribution in [0.25, 0.3) is 0 Å². The Bertz CT molecular complexity index is 336. The fraction of sp³-hybridized carbons (Fsp3) is 0.778.